The van der Waals surface area contributed by atoms with Crippen LogP contribution in [0.1, 0.15) is 26.2 Å². The molecule has 0 spiro atoms. The van der Waals surface area contributed by atoms with Gasteiger partial charge in [-0.05, 0) is 63.4 Å². The fourth-order valence-corrected chi connectivity index (χ4v) is 4.66. The first-order chi connectivity index (χ1) is 7.49. The molecule has 0 radical (unpaired) electrons. The van der Waals surface area contributed by atoms with E-state index in [1.165, 1.54) is 20.2 Å². The summed E-state index contributed by atoms with van der Waals surface area (Å²) in [6.45, 7) is 4.26. The molecule has 0 bridgehead atoms. The number of rotatable bonds is 2. The van der Waals surface area contributed by atoms with Crippen molar-refractivity contribution in [2.24, 2.45) is 5.73 Å². The van der Waals surface area contributed by atoms with E-state index in [-0.39, 0.29) is 6.04 Å². The van der Waals surface area contributed by atoms with Crippen LogP contribution in [0.4, 0.5) is 0 Å². The summed E-state index contributed by atoms with van der Waals surface area (Å²) >= 11 is 10.5. The number of nitrogens with two attached hydrogens (primary N) is 1. The maximum atomic E-state index is 6.26. The summed E-state index contributed by atoms with van der Waals surface area (Å²) in [5.74, 6) is 0. The molecule has 2 rings (SSSR count). The van der Waals surface area contributed by atoms with E-state index in [2.05, 4.69) is 57.8 Å². The average Bonchev–Trinajstić information content (AvgIpc) is 2.72. The molecule has 1 nitrogen and oxygen atoms in total. The van der Waals surface area contributed by atoms with Crippen LogP contribution in [0.3, 0.4) is 0 Å². The number of hydrogen-bond donors (Lipinski definition) is 1. The third-order valence-corrected chi connectivity index (χ3v) is 7.04. The van der Waals surface area contributed by atoms with Gasteiger partial charge in [-0.3, -0.25) is 0 Å². The third-order valence-electron chi connectivity index (χ3n) is 2.46. The van der Waals surface area contributed by atoms with Gasteiger partial charge in [0.05, 0.1) is 9.83 Å². The molecular formula is C11H11Br2NS2. The van der Waals surface area contributed by atoms with Crippen LogP contribution in [0.15, 0.2) is 20.4 Å². The van der Waals surface area contributed by atoms with Gasteiger partial charge in [0.1, 0.15) is 0 Å². The van der Waals surface area contributed by atoms with Gasteiger partial charge in [0.2, 0.25) is 0 Å². The summed E-state index contributed by atoms with van der Waals surface area (Å²) in [7, 11) is 0. The first-order valence-electron chi connectivity index (χ1n) is 4.76. The van der Waals surface area contributed by atoms with Crippen LogP contribution in [0.5, 0.6) is 0 Å². The zero-order valence-electron chi connectivity index (χ0n) is 8.88. The highest BCUT2D eigenvalue weighted by atomic mass is 79.9. The molecular weight excluding hydrogens is 370 g/mol. The second-order valence-corrected chi connectivity index (χ2v) is 8.18. The van der Waals surface area contributed by atoms with E-state index in [0.717, 1.165) is 8.26 Å². The molecule has 5 heteroatoms. The maximum absolute atomic E-state index is 6.26. The van der Waals surface area contributed by atoms with Gasteiger partial charge in [-0.1, -0.05) is 0 Å². The van der Waals surface area contributed by atoms with Gasteiger partial charge in [-0.25, -0.2) is 0 Å². The largest absolute Gasteiger partial charge is 0.319 e. The minimum Gasteiger partial charge on any atom is -0.319 e. The monoisotopic (exact) mass is 379 g/mol. The predicted octanol–water partition coefficient (Wildman–Crippen LogP) is 5.00. The molecule has 0 aromatic carbocycles. The van der Waals surface area contributed by atoms with Gasteiger partial charge < -0.3 is 5.73 Å². The van der Waals surface area contributed by atoms with Gasteiger partial charge in [0.25, 0.3) is 0 Å². The lowest BCUT2D eigenvalue weighted by Gasteiger charge is -2.05. The van der Waals surface area contributed by atoms with Crippen molar-refractivity contribution < 1.29 is 0 Å². The minimum absolute atomic E-state index is 0.00926. The molecule has 0 fully saturated rings. The van der Waals surface area contributed by atoms with Crippen molar-refractivity contribution in [3.05, 3.63) is 40.6 Å². The first kappa shape index (κ1) is 12.8. The van der Waals surface area contributed by atoms with Crippen LogP contribution in [0.25, 0.3) is 0 Å². The van der Waals surface area contributed by atoms with Crippen molar-refractivity contribution in [1.29, 1.82) is 0 Å². The molecule has 2 aromatic heterocycles. The molecule has 1 atom stereocenters. The van der Waals surface area contributed by atoms with E-state index in [4.69, 9.17) is 5.73 Å². The average molecular weight is 381 g/mol. The minimum atomic E-state index is -0.00926. The van der Waals surface area contributed by atoms with Crippen molar-refractivity contribution in [1.82, 2.24) is 0 Å². The molecule has 0 aliphatic rings. The molecule has 0 aliphatic carbocycles. The maximum Gasteiger partial charge on any atom is 0.0843 e. The lowest BCUT2D eigenvalue weighted by Crippen LogP contribution is -2.07. The van der Waals surface area contributed by atoms with Crippen molar-refractivity contribution in [2.75, 3.05) is 0 Å². The normalized spacial score (nSPS) is 13.1. The van der Waals surface area contributed by atoms with Gasteiger partial charge in [0, 0.05) is 19.1 Å². The Balaban J connectivity index is 2.34. The lowest BCUT2D eigenvalue weighted by atomic mass is 10.2. The summed E-state index contributed by atoms with van der Waals surface area (Å²) in [4.78, 5) is 3.76. The first-order valence-corrected chi connectivity index (χ1v) is 7.98. The Hall–Kier alpha value is 0.320. The summed E-state index contributed by atoms with van der Waals surface area (Å²) in [6, 6.07) is 4.26. The molecule has 2 N–H and O–H groups in total. The van der Waals surface area contributed by atoms with E-state index >= 15 is 0 Å². The second kappa shape index (κ2) is 4.90. The topological polar surface area (TPSA) is 26.0 Å². The van der Waals surface area contributed by atoms with Crippen LogP contribution in [-0.2, 0) is 0 Å². The quantitative estimate of drug-likeness (QED) is 0.779. The Morgan fingerprint density at radius 2 is 1.75 bits per heavy atom. The van der Waals surface area contributed by atoms with Crippen LogP contribution in [0.2, 0.25) is 0 Å². The van der Waals surface area contributed by atoms with E-state index in [1.807, 2.05) is 0 Å². The lowest BCUT2D eigenvalue weighted by molar-refractivity contribution is 0.916. The van der Waals surface area contributed by atoms with Crippen molar-refractivity contribution >= 4 is 54.5 Å². The Morgan fingerprint density at radius 1 is 1.12 bits per heavy atom. The van der Waals surface area contributed by atoms with E-state index in [9.17, 15) is 0 Å². The molecule has 16 heavy (non-hydrogen) atoms. The number of aryl methyl sites for hydroxylation is 2. The van der Waals surface area contributed by atoms with Gasteiger partial charge in [0.15, 0.2) is 0 Å². The third kappa shape index (κ3) is 2.43. The summed E-state index contributed by atoms with van der Waals surface area (Å²) in [5.41, 5.74) is 7.58. The molecule has 0 saturated carbocycles. The highest BCUT2D eigenvalue weighted by molar-refractivity contribution is 9.13. The van der Waals surface area contributed by atoms with E-state index in [0.29, 0.717) is 0 Å². The fourth-order valence-electron chi connectivity index (χ4n) is 1.41. The zero-order valence-corrected chi connectivity index (χ0v) is 13.7. The molecule has 0 amide bonds. The number of halogens is 2. The predicted molar refractivity (Wildman–Crippen MR) is 79.5 cm³/mol. The highest BCUT2D eigenvalue weighted by Crippen LogP contribution is 2.38. The molecule has 2 heterocycles. The number of hydrogen-bond acceptors (Lipinski definition) is 3. The summed E-state index contributed by atoms with van der Waals surface area (Å²) < 4.78 is 2.18. The van der Waals surface area contributed by atoms with Gasteiger partial charge in [-0.15, -0.1) is 22.7 Å². The zero-order chi connectivity index (χ0) is 11.9. The molecule has 2 aromatic rings. The molecule has 0 saturated heterocycles. The van der Waals surface area contributed by atoms with Gasteiger partial charge >= 0.3 is 0 Å². The SMILES string of the molecule is Cc1cc(C(N)c2cc(Br)c(Br)s2)sc1C. The second-order valence-electron chi connectivity index (χ2n) is 3.64. The van der Waals surface area contributed by atoms with Gasteiger partial charge in [-0.2, -0.15) is 0 Å². The van der Waals surface area contributed by atoms with Crippen LogP contribution >= 0.6 is 54.5 Å². The number of thiophene rings is 2. The van der Waals surface area contributed by atoms with E-state index in [1.54, 1.807) is 22.7 Å². The van der Waals surface area contributed by atoms with Crippen molar-refractivity contribution in [3.8, 4) is 0 Å². The molecule has 1 unspecified atom stereocenters. The van der Waals surface area contributed by atoms with E-state index < -0.39 is 0 Å². The summed E-state index contributed by atoms with van der Waals surface area (Å²) in [6.07, 6.45) is 0. The standard InChI is InChI=1S/C11H11Br2NS2/c1-5-3-8(15-6(5)2)10(14)9-4-7(12)11(13)16-9/h3-4,10H,14H2,1-2H3. The smallest absolute Gasteiger partial charge is 0.0843 e. The molecule has 0 aliphatic heterocycles. The fraction of sp³-hybridized carbons (Fsp3) is 0.273. The molecule has 86 valence electrons. The van der Waals surface area contributed by atoms with Crippen LogP contribution in [-0.4, -0.2) is 0 Å². The van der Waals surface area contributed by atoms with Crippen molar-refractivity contribution in [2.45, 2.75) is 19.9 Å². The Kier molecular flexibility index (Phi) is 3.91. The summed E-state index contributed by atoms with van der Waals surface area (Å²) in [5, 5.41) is 0. The van der Waals surface area contributed by atoms with Crippen LogP contribution in [0, 0.1) is 13.8 Å². The Morgan fingerprint density at radius 3 is 2.19 bits per heavy atom. The van der Waals surface area contributed by atoms with Crippen molar-refractivity contribution in [3.63, 3.8) is 0 Å². The van der Waals surface area contributed by atoms with Crippen LogP contribution < -0.4 is 5.73 Å². The Labute approximate surface area is 120 Å². The Bertz CT molecular complexity index is 431. The highest BCUT2D eigenvalue weighted by Gasteiger charge is 2.16.